The molecule has 2 fully saturated rings. The van der Waals surface area contributed by atoms with Crippen LogP contribution in [0.5, 0.6) is 0 Å². The number of ether oxygens (including phenoxy) is 1. The van der Waals surface area contributed by atoms with Gasteiger partial charge in [0.05, 0.1) is 29.5 Å². The zero-order chi connectivity index (χ0) is 29.7. The first kappa shape index (κ1) is 28.9. The molecule has 0 unspecified atom stereocenters. The van der Waals surface area contributed by atoms with Gasteiger partial charge in [0.25, 0.3) is 0 Å². The maximum absolute atomic E-state index is 13.5. The summed E-state index contributed by atoms with van der Waals surface area (Å²) in [5.74, 6) is 1.06. The van der Waals surface area contributed by atoms with Gasteiger partial charge in [0.1, 0.15) is 16.3 Å². The fourth-order valence-electron chi connectivity index (χ4n) is 5.37. The van der Waals surface area contributed by atoms with E-state index >= 15 is 0 Å². The lowest BCUT2D eigenvalue weighted by Gasteiger charge is -2.44. The Morgan fingerprint density at radius 3 is 2.44 bits per heavy atom. The number of fused-ring (bicyclic) bond motifs is 1. The normalized spacial score (nSPS) is 18.4. The van der Waals surface area contributed by atoms with Gasteiger partial charge in [0.15, 0.2) is 5.82 Å². The molecular weight excluding hydrogens is 544 g/mol. The number of aromatic nitrogens is 4. The number of imidazole rings is 1. The number of rotatable bonds is 5. The van der Waals surface area contributed by atoms with E-state index in [0.717, 1.165) is 11.3 Å². The largest absolute Gasteiger partial charge is 0.444 e. The van der Waals surface area contributed by atoms with Gasteiger partial charge in [-0.3, -0.25) is 4.79 Å². The number of pyridine rings is 1. The van der Waals surface area contributed by atoms with Crippen molar-refractivity contribution in [2.24, 2.45) is 5.92 Å². The first-order valence-corrected chi connectivity index (χ1v) is 14.4. The van der Waals surface area contributed by atoms with Crippen LogP contribution in [-0.2, 0) is 15.1 Å². The molecule has 0 saturated carbocycles. The molecule has 220 valence electrons. The minimum absolute atomic E-state index is 0.0645. The van der Waals surface area contributed by atoms with Crippen LogP contribution in [0.2, 0.25) is 5.02 Å². The van der Waals surface area contributed by atoms with E-state index in [1.807, 2.05) is 93.4 Å². The molecule has 11 nitrogen and oxygen atoms in total. The lowest BCUT2D eigenvalue weighted by Crippen LogP contribution is -2.57. The van der Waals surface area contributed by atoms with Crippen LogP contribution in [0.3, 0.4) is 0 Å². The molecule has 41 heavy (non-hydrogen) atoms. The molecule has 2 aliphatic heterocycles. The molecule has 5 rings (SSSR count). The highest BCUT2D eigenvalue weighted by Crippen LogP contribution is 2.34. The predicted molar refractivity (Wildman–Crippen MR) is 158 cm³/mol. The average molecular weight is 583 g/mol. The van der Waals surface area contributed by atoms with Crippen molar-refractivity contribution in [3.8, 4) is 0 Å². The van der Waals surface area contributed by atoms with E-state index in [9.17, 15) is 9.59 Å². The first-order chi connectivity index (χ1) is 19.3. The van der Waals surface area contributed by atoms with E-state index in [1.165, 1.54) is 0 Å². The van der Waals surface area contributed by atoms with Crippen molar-refractivity contribution in [3.05, 3.63) is 47.5 Å². The summed E-state index contributed by atoms with van der Waals surface area (Å²) in [4.78, 5) is 47.5. The Balaban J connectivity index is 1.23. The highest BCUT2D eigenvalue weighted by molar-refractivity contribution is 6.32. The summed E-state index contributed by atoms with van der Waals surface area (Å²) in [6.07, 6.45) is 5.10. The number of carbonyl (C=O) groups is 2. The van der Waals surface area contributed by atoms with E-state index in [2.05, 4.69) is 14.9 Å². The van der Waals surface area contributed by atoms with Gasteiger partial charge >= 0.3 is 6.09 Å². The topological polar surface area (TPSA) is 99.4 Å². The number of hydrogen-bond donors (Lipinski definition) is 0. The summed E-state index contributed by atoms with van der Waals surface area (Å²) in [5, 5.41) is 0.444. The molecule has 2 aliphatic rings. The molecule has 1 atom stereocenters. The summed E-state index contributed by atoms with van der Waals surface area (Å²) >= 11 is 6.52. The van der Waals surface area contributed by atoms with Crippen LogP contribution < -0.4 is 9.80 Å². The Bertz CT molecular complexity index is 1450. The summed E-state index contributed by atoms with van der Waals surface area (Å²) in [6.45, 7) is 14.4. The van der Waals surface area contributed by atoms with Crippen molar-refractivity contribution in [2.75, 3.05) is 49.6 Å². The number of amides is 2. The van der Waals surface area contributed by atoms with Crippen molar-refractivity contribution < 1.29 is 14.3 Å². The van der Waals surface area contributed by atoms with Gasteiger partial charge in [0.2, 0.25) is 11.9 Å². The molecule has 3 aromatic heterocycles. The Kier molecular flexibility index (Phi) is 7.52. The quantitative estimate of drug-likeness (QED) is 0.444. The highest BCUT2D eigenvalue weighted by Gasteiger charge is 2.41. The zero-order valence-electron chi connectivity index (χ0n) is 24.8. The second-order valence-corrected chi connectivity index (χ2v) is 12.8. The van der Waals surface area contributed by atoms with Crippen LogP contribution in [0.25, 0.3) is 5.65 Å². The molecule has 0 radical (unpaired) electrons. The van der Waals surface area contributed by atoms with Gasteiger partial charge in [-0.1, -0.05) is 17.7 Å². The first-order valence-electron chi connectivity index (χ1n) is 14.0. The summed E-state index contributed by atoms with van der Waals surface area (Å²) in [6, 6.07) is 5.79. The van der Waals surface area contributed by atoms with Gasteiger partial charge in [-0.15, -0.1) is 0 Å². The van der Waals surface area contributed by atoms with Crippen LogP contribution in [0.1, 0.15) is 47.2 Å². The molecule has 0 aliphatic carbocycles. The molecule has 12 heteroatoms. The number of anilines is 2. The molecule has 0 spiro atoms. The zero-order valence-corrected chi connectivity index (χ0v) is 25.6. The van der Waals surface area contributed by atoms with E-state index in [0.29, 0.717) is 49.5 Å². The molecule has 0 bridgehead atoms. The second-order valence-electron chi connectivity index (χ2n) is 12.4. The number of piperazine rings is 1. The molecular formula is C29H39ClN8O3. The summed E-state index contributed by atoms with van der Waals surface area (Å²) in [5.41, 5.74) is 0.693. The van der Waals surface area contributed by atoms with Gasteiger partial charge in [-0.2, -0.15) is 4.98 Å². The van der Waals surface area contributed by atoms with Gasteiger partial charge in [-0.25, -0.2) is 14.8 Å². The minimum Gasteiger partial charge on any atom is -0.444 e. The number of carbonyl (C=O) groups excluding carboxylic acids is 2. The minimum atomic E-state index is -0.559. The van der Waals surface area contributed by atoms with E-state index in [-0.39, 0.29) is 24.0 Å². The molecule has 3 aromatic rings. The molecule has 5 heterocycles. The van der Waals surface area contributed by atoms with Crippen molar-refractivity contribution >= 4 is 41.0 Å². The summed E-state index contributed by atoms with van der Waals surface area (Å²) in [7, 11) is 1.85. The third-order valence-electron chi connectivity index (χ3n) is 7.99. The number of halogens is 1. The lowest BCUT2D eigenvalue weighted by molar-refractivity contribution is -0.140. The van der Waals surface area contributed by atoms with E-state index in [4.69, 9.17) is 21.3 Å². The predicted octanol–water partition coefficient (Wildman–Crippen LogP) is 4.05. The molecule has 2 amide bonds. The number of nitrogens with zero attached hydrogens (tertiary/aromatic N) is 8. The number of hydrogen-bond acceptors (Lipinski definition) is 8. The Hall–Kier alpha value is -3.60. The fraction of sp³-hybridized carbons (Fsp3) is 0.552. The van der Waals surface area contributed by atoms with Gasteiger partial charge in [-0.05, 0) is 53.7 Å². The van der Waals surface area contributed by atoms with Crippen molar-refractivity contribution in [1.29, 1.82) is 0 Å². The van der Waals surface area contributed by atoms with Crippen LogP contribution in [-0.4, -0.2) is 92.6 Å². The third kappa shape index (κ3) is 5.64. The van der Waals surface area contributed by atoms with Crippen molar-refractivity contribution in [2.45, 2.75) is 58.7 Å². The van der Waals surface area contributed by atoms with Gasteiger partial charge < -0.3 is 28.7 Å². The van der Waals surface area contributed by atoms with Crippen LogP contribution >= 0.6 is 11.6 Å². The summed E-state index contributed by atoms with van der Waals surface area (Å²) < 4.78 is 7.58. The van der Waals surface area contributed by atoms with Gasteiger partial charge in [0, 0.05) is 52.0 Å². The van der Waals surface area contributed by atoms with Crippen molar-refractivity contribution in [3.63, 3.8) is 0 Å². The molecule has 2 saturated heterocycles. The smallest absolute Gasteiger partial charge is 0.410 e. The molecule has 0 aromatic carbocycles. The Morgan fingerprint density at radius 1 is 1.02 bits per heavy atom. The molecule has 0 N–H and O–H groups in total. The Labute approximate surface area is 246 Å². The highest BCUT2D eigenvalue weighted by atomic mass is 35.5. The lowest BCUT2D eigenvalue weighted by atomic mass is 9.93. The third-order valence-corrected chi connectivity index (χ3v) is 8.26. The van der Waals surface area contributed by atoms with Crippen LogP contribution in [0.4, 0.5) is 16.6 Å². The standard InChI is InChI=1S/C29H39ClN8O3/c1-19-16-35(12-13-37(19)27(40)41-28(2,3)4)26-32-14-21(30)24(33-26)36-17-20(18-36)25(39)34(7)29(5,6)22-15-31-23-10-8-9-11-38(22)23/h8-11,14-15,19-20H,12-13,16-18H2,1-7H3/t19-/m0/s1. The second kappa shape index (κ2) is 10.7. The Morgan fingerprint density at radius 2 is 1.76 bits per heavy atom. The fourth-order valence-corrected chi connectivity index (χ4v) is 5.58. The van der Waals surface area contributed by atoms with E-state index < -0.39 is 11.1 Å². The van der Waals surface area contributed by atoms with Crippen molar-refractivity contribution in [1.82, 2.24) is 29.2 Å². The maximum Gasteiger partial charge on any atom is 0.410 e. The van der Waals surface area contributed by atoms with Crippen LogP contribution in [0.15, 0.2) is 36.8 Å². The van der Waals surface area contributed by atoms with E-state index in [1.54, 1.807) is 11.1 Å². The maximum atomic E-state index is 13.5. The van der Waals surface area contributed by atoms with Crippen LogP contribution in [0, 0.1) is 5.92 Å². The average Bonchev–Trinajstić information content (AvgIpc) is 3.32. The SMILES string of the molecule is C[C@H]1CN(c2ncc(Cl)c(N3CC(C(=O)N(C)C(C)(C)c4cnc5ccccn45)C3)n2)CCN1C(=O)OC(C)(C)C. The monoisotopic (exact) mass is 582 g/mol.